The summed E-state index contributed by atoms with van der Waals surface area (Å²) in [4.78, 5) is 7.61. The summed E-state index contributed by atoms with van der Waals surface area (Å²) in [6, 6.07) is 12.5. The third-order valence-corrected chi connectivity index (χ3v) is 3.74. The second kappa shape index (κ2) is 5.59. The minimum absolute atomic E-state index is 0.681. The van der Waals surface area contributed by atoms with Crippen LogP contribution in [0.2, 0.25) is 0 Å². The normalized spacial score (nSPS) is 11.1. The molecule has 20 heavy (non-hydrogen) atoms. The lowest BCUT2D eigenvalue weighted by Gasteiger charge is -2.05. The molecule has 102 valence electrons. The fraction of sp³-hybridized carbons (Fsp3) is 0.250. The van der Waals surface area contributed by atoms with E-state index in [0.29, 0.717) is 4.77 Å². The second-order valence-corrected chi connectivity index (χ2v) is 5.30. The van der Waals surface area contributed by atoms with Crippen molar-refractivity contribution in [2.24, 2.45) is 0 Å². The maximum atomic E-state index is 5.41. The van der Waals surface area contributed by atoms with Gasteiger partial charge in [0.05, 0.1) is 5.52 Å². The van der Waals surface area contributed by atoms with Gasteiger partial charge in [-0.1, -0.05) is 25.5 Å². The number of fused-ring (bicyclic) bond motifs is 1. The number of aryl methyl sites for hydroxylation is 1. The fourth-order valence-electron chi connectivity index (χ4n) is 2.37. The van der Waals surface area contributed by atoms with Crippen molar-refractivity contribution in [2.75, 3.05) is 0 Å². The third-order valence-electron chi connectivity index (χ3n) is 3.46. The van der Waals surface area contributed by atoms with Gasteiger partial charge in [0.2, 0.25) is 0 Å². The summed E-state index contributed by atoms with van der Waals surface area (Å²) in [6.45, 7) is 2.21. The number of aromatic amines is 1. The minimum atomic E-state index is 0.681. The molecule has 0 unspecified atom stereocenters. The van der Waals surface area contributed by atoms with E-state index in [1.165, 1.54) is 18.4 Å². The highest BCUT2D eigenvalue weighted by Gasteiger charge is 2.06. The molecule has 3 aromatic rings. The van der Waals surface area contributed by atoms with Gasteiger partial charge in [-0.15, -0.1) is 0 Å². The molecular formula is C16H17N3S. The van der Waals surface area contributed by atoms with Gasteiger partial charge in [-0.25, -0.2) is 4.98 Å². The van der Waals surface area contributed by atoms with E-state index in [-0.39, 0.29) is 0 Å². The summed E-state index contributed by atoms with van der Waals surface area (Å²) in [5.41, 5.74) is 4.27. The summed E-state index contributed by atoms with van der Waals surface area (Å²) in [5.74, 6) is 0. The first-order valence-electron chi connectivity index (χ1n) is 6.94. The lowest BCUT2D eigenvalue weighted by Crippen LogP contribution is -1.96. The van der Waals surface area contributed by atoms with Crippen LogP contribution in [-0.2, 0) is 6.42 Å². The first-order chi connectivity index (χ1) is 9.79. The number of H-pyrrole nitrogens is 1. The van der Waals surface area contributed by atoms with Crippen molar-refractivity contribution in [2.45, 2.75) is 26.2 Å². The Morgan fingerprint density at radius 2 is 2.00 bits per heavy atom. The van der Waals surface area contributed by atoms with Crippen molar-refractivity contribution >= 4 is 23.4 Å². The first-order valence-corrected chi connectivity index (χ1v) is 7.35. The van der Waals surface area contributed by atoms with Gasteiger partial charge < -0.3 is 4.98 Å². The maximum absolute atomic E-state index is 5.41. The monoisotopic (exact) mass is 283 g/mol. The highest BCUT2D eigenvalue weighted by atomic mass is 32.1. The molecule has 3 nitrogen and oxygen atoms in total. The van der Waals surface area contributed by atoms with Gasteiger partial charge in [0.1, 0.15) is 0 Å². The first kappa shape index (κ1) is 13.1. The molecule has 0 atom stereocenters. The van der Waals surface area contributed by atoms with Gasteiger partial charge in [-0.05, 0) is 54.9 Å². The number of hydrogen-bond acceptors (Lipinski definition) is 2. The van der Waals surface area contributed by atoms with Crippen LogP contribution in [0.15, 0.2) is 42.6 Å². The molecule has 1 aromatic carbocycles. The lowest BCUT2D eigenvalue weighted by atomic mass is 10.1. The van der Waals surface area contributed by atoms with E-state index in [2.05, 4.69) is 41.2 Å². The molecule has 0 saturated heterocycles. The maximum Gasteiger partial charge on any atom is 0.183 e. The number of imidazole rings is 1. The molecule has 0 saturated carbocycles. The molecule has 2 heterocycles. The number of nitrogens with one attached hydrogen (secondary N) is 1. The van der Waals surface area contributed by atoms with E-state index in [4.69, 9.17) is 12.2 Å². The Hall–Kier alpha value is -1.94. The van der Waals surface area contributed by atoms with E-state index in [9.17, 15) is 0 Å². The van der Waals surface area contributed by atoms with Crippen LogP contribution in [0.5, 0.6) is 0 Å². The molecule has 0 bridgehead atoms. The fourth-order valence-corrected chi connectivity index (χ4v) is 2.67. The number of nitrogens with zero attached hydrogens (tertiary/aromatic N) is 2. The van der Waals surface area contributed by atoms with Crippen LogP contribution in [0.1, 0.15) is 25.3 Å². The van der Waals surface area contributed by atoms with E-state index < -0.39 is 0 Å². The number of unbranched alkanes of at least 4 members (excludes halogenated alkanes) is 1. The van der Waals surface area contributed by atoms with Gasteiger partial charge in [0.15, 0.2) is 10.4 Å². The molecule has 0 fully saturated rings. The van der Waals surface area contributed by atoms with Crippen LogP contribution in [0, 0.1) is 4.77 Å². The van der Waals surface area contributed by atoms with Gasteiger partial charge >= 0.3 is 0 Å². The van der Waals surface area contributed by atoms with Crippen molar-refractivity contribution in [3.05, 3.63) is 52.9 Å². The van der Waals surface area contributed by atoms with Crippen LogP contribution >= 0.6 is 12.2 Å². The summed E-state index contributed by atoms with van der Waals surface area (Å²) >= 11 is 5.41. The lowest BCUT2D eigenvalue weighted by molar-refractivity contribution is 0.795. The molecule has 0 aliphatic heterocycles. The van der Waals surface area contributed by atoms with Gasteiger partial charge in [-0.2, -0.15) is 0 Å². The average molecular weight is 283 g/mol. The van der Waals surface area contributed by atoms with E-state index in [1.807, 2.05) is 16.7 Å². The molecule has 4 heteroatoms. The van der Waals surface area contributed by atoms with Crippen molar-refractivity contribution in [1.29, 1.82) is 0 Å². The molecule has 1 N–H and O–H groups in total. The Morgan fingerprint density at radius 1 is 1.20 bits per heavy atom. The number of rotatable bonds is 4. The molecule has 2 aromatic heterocycles. The molecule has 0 aliphatic carbocycles. The Labute approximate surface area is 123 Å². The van der Waals surface area contributed by atoms with Crippen LogP contribution in [0.3, 0.4) is 0 Å². The van der Waals surface area contributed by atoms with Crippen LogP contribution in [0.25, 0.3) is 16.9 Å². The van der Waals surface area contributed by atoms with E-state index >= 15 is 0 Å². The van der Waals surface area contributed by atoms with Gasteiger partial charge in [0, 0.05) is 11.9 Å². The molecule has 0 radical (unpaired) electrons. The third kappa shape index (κ3) is 2.39. The Kier molecular flexibility index (Phi) is 3.65. The van der Waals surface area contributed by atoms with Crippen LogP contribution < -0.4 is 0 Å². The average Bonchev–Trinajstić information content (AvgIpc) is 2.81. The van der Waals surface area contributed by atoms with Gasteiger partial charge in [0.25, 0.3) is 0 Å². The van der Waals surface area contributed by atoms with Crippen molar-refractivity contribution in [3.8, 4) is 5.69 Å². The summed E-state index contributed by atoms with van der Waals surface area (Å²) in [7, 11) is 0. The Morgan fingerprint density at radius 3 is 2.75 bits per heavy atom. The van der Waals surface area contributed by atoms with Crippen molar-refractivity contribution in [1.82, 2.24) is 14.5 Å². The number of aromatic nitrogens is 3. The second-order valence-electron chi connectivity index (χ2n) is 4.91. The van der Waals surface area contributed by atoms with Crippen LogP contribution in [0.4, 0.5) is 0 Å². The Bertz CT molecular complexity index is 768. The van der Waals surface area contributed by atoms with Crippen molar-refractivity contribution < 1.29 is 0 Å². The summed E-state index contributed by atoms with van der Waals surface area (Å²) in [5, 5.41) is 0. The smallest absolute Gasteiger partial charge is 0.183 e. The minimum Gasteiger partial charge on any atom is -0.329 e. The van der Waals surface area contributed by atoms with Crippen molar-refractivity contribution in [3.63, 3.8) is 0 Å². The number of benzene rings is 1. The molecular weight excluding hydrogens is 266 g/mol. The number of hydrogen-bond donors (Lipinski definition) is 1. The zero-order chi connectivity index (χ0) is 13.9. The van der Waals surface area contributed by atoms with Crippen LogP contribution in [-0.4, -0.2) is 14.5 Å². The molecule has 0 amide bonds. The SMILES string of the molecule is CCCCc1ccc(-n2c(=S)[nH]c3cccnc32)cc1. The molecule has 0 spiro atoms. The Balaban J connectivity index is 2.03. The van der Waals surface area contributed by atoms with E-state index in [1.54, 1.807) is 6.20 Å². The van der Waals surface area contributed by atoms with E-state index in [0.717, 1.165) is 23.3 Å². The predicted molar refractivity (Wildman–Crippen MR) is 84.9 cm³/mol. The predicted octanol–water partition coefficient (Wildman–Crippen LogP) is 4.43. The summed E-state index contributed by atoms with van der Waals surface area (Å²) < 4.78 is 2.66. The standard InChI is InChI=1S/C16H17N3S/c1-2-3-5-12-7-9-13(10-8-12)19-15-14(18-16(19)20)6-4-11-17-15/h4,6-11H,2-3,5H2,1H3,(H,18,20). The summed E-state index contributed by atoms with van der Waals surface area (Å²) in [6.07, 6.45) is 5.37. The molecule has 0 aliphatic rings. The zero-order valence-electron chi connectivity index (χ0n) is 11.5. The quantitative estimate of drug-likeness (QED) is 0.719. The molecule has 3 rings (SSSR count). The number of pyridine rings is 1. The largest absolute Gasteiger partial charge is 0.329 e. The highest BCUT2D eigenvalue weighted by Crippen LogP contribution is 2.18. The topological polar surface area (TPSA) is 33.6 Å². The van der Waals surface area contributed by atoms with Gasteiger partial charge in [-0.3, -0.25) is 4.57 Å². The highest BCUT2D eigenvalue weighted by molar-refractivity contribution is 7.71. The zero-order valence-corrected chi connectivity index (χ0v) is 12.3.